The summed E-state index contributed by atoms with van der Waals surface area (Å²) in [6.45, 7) is 5.59. The smallest absolute Gasteiger partial charge is 0.408 e. The zero-order chi connectivity index (χ0) is 39.6. The number of aliphatic carboxylic acids is 1. The van der Waals surface area contributed by atoms with Crippen LogP contribution >= 0.6 is 0 Å². The largest absolute Gasteiger partial charge is 0.497 e. The highest BCUT2D eigenvalue weighted by Crippen LogP contribution is 2.47. The summed E-state index contributed by atoms with van der Waals surface area (Å²) in [7, 11) is 1.58. The fraction of sp³-hybridized carbons (Fsp3) is 0.419. The van der Waals surface area contributed by atoms with Crippen LogP contribution in [0.1, 0.15) is 58.4 Å². The lowest BCUT2D eigenvalue weighted by Crippen LogP contribution is -2.57. The Labute approximate surface area is 325 Å². The Balaban J connectivity index is 1.26. The van der Waals surface area contributed by atoms with Gasteiger partial charge in [-0.25, -0.2) is 14.6 Å². The van der Waals surface area contributed by atoms with E-state index in [1.165, 1.54) is 4.90 Å². The van der Waals surface area contributed by atoms with Gasteiger partial charge in [0.05, 0.1) is 31.5 Å². The molecule has 2 fully saturated rings. The second kappa shape index (κ2) is 15.7. The van der Waals surface area contributed by atoms with Gasteiger partial charge in [0, 0.05) is 35.9 Å². The Morgan fingerprint density at radius 3 is 2.57 bits per heavy atom. The number of hydrogen-bond donors (Lipinski definition) is 3. The lowest BCUT2D eigenvalue weighted by molar-refractivity contribution is -0.146. The van der Waals surface area contributed by atoms with Gasteiger partial charge in [-0.15, -0.1) is 0 Å². The van der Waals surface area contributed by atoms with E-state index >= 15 is 0 Å². The third kappa shape index (κ3) is 8.51. The van der Waals surface area contributed by atoms with Crippen molar-refractivity contribution < 1.29 is 43.2 Å². The summed E-state index contributed by atoms with van der Waals surface area (Å²) in [6.07, 6.45) is 0.966. The van der Waals surface area contributed by atoms with Crippen LogP contribution in [0.4, 0.5) is 4.79 Å². The number of rotatable bonds is 6. The number of carbonyl (C=O) groups excluding carboxylic acids is 3. The molecule has 13 nitrogen and oxygen atoms in total. The van der Waals surface area contributed by atoms with E-state index in [1.807, 2.05) is 78.9 Å². The van der Waals surface area contributed by atoms with E-state index in [9.17, 15) is 24.3 Å². The lowest BCUT2D eigenvalue weighted by atomic mass is 10.0. The van der Waals surface area contributed by atoms with Crippen molar-refractivity contribution in [1.29, 1.82) is 0 Å². The van der Waals surface area contributed by atoms with Crippen molar-refractivity contribution in [2.45, 2.75) is 88.6 Å². The first kappa shape index (κ1) is 38.4. The van der Waals surface area contributed by atoms with Crippen LogP contribution in [0.5, 0.6) is 17.2 Å². The van der Waals surface area contributed by atoms with Crippen LogP contribution < -0.4 is 24.8 Å². The van der Waals surface area contributed by atoms with Gasteiger partial charge in [-0.3, -0.25) is 9.59 Å². The summed E-state index contributed by atoms with van der Waals surface area (Å²) >= 11 is 0. The van der Waals surface area contributed by atoms with Crippen molar-refractivity contribution in [3.8, 4) is 28.5 Å². The van der Waals surface area contributed by atoms with Crippen LogP contribution in [-0.2, 0) is 25.5 Å². The molecule has 1 unspecified atom stereocenters. The molecule has 3 amide bonds. The Morgan fingerprint density at radius 2 is 1.82 bits per heavy atom. The van der Waals surface area contributed by atoms with E-state index in [2.05, 4.69) is 10.6 Å². The van der Waals surface area contributed by atoms with Crippen LogP contribution in [0.15, 0.2) is 78.9 Å². The number of alkyl carbamates (subject to hydrolysis) is 1. The quantitative estimate of drug-likeness (QED) is 0.215. The first-order valence-corrected chi connectivity index (χ1v) is 19.1. The standard InChI is InChI=1S/C43H48N4O9/c1-42(2,3)56-41(52)45-35-20-26-11-10-15-30(19-26)54-18-9-8-14-28-24-43(28,40(50)51)46-38(48)36-22-31(25-47(36)39(35)49)55-37-23-33(27-12-6-5-7-13-27)44-34-21-29(53-4)16-17-32(34)37/h5-7,10-13,15-17,19,21,23,28,31,35-36H,8-9,14,18,20,22,24-25H2,1-4H3,(H,45,52)(H,46,48)(H,50,51)/t28?,31-,35-,36+,43+/m1/s1. The van der Waals surface area contributed by atoms with Gasteiger partial charge in [0.25, 0.3) is 0 Å². The lowest BCUT2D eigenvalue weighted by Gasteiger charge is -2.30. The topological polar surface area (TPSA) is 166 Å². The molecule has 13 heteroatoms. The van der Waals surface area contributed by atoms with Gasteiger partial charge in [0.15, 0.2) is 0 Å². The van der Waals surface area contributed by atoms with E-state index in [-0.39, 0.29) is 31.7 Å². The maximum absolute atomic E-state index is 14.8. The average molecular weight is 765 g/mol. The number of fused-ring (bicyclic) bond motifs is 5. The van der Waals surface area contributed by atoms with Gasteiger partial charge in [0.2, 0.25) is 11.8 Å². The summed E-state index contributed by atoms with van der Waals surface area (Å²) in [5, 5.41) is 16.7. The van der Waals surface area contributed by atoms with Crippen molar-refractivity contribution in [1.82, 2.24) is 20.5 Å². The van der Waals surface area contributed by atoms with Crippen LogP contribution in [0, 0.1) is 5.92 Å². The third-order valence-electron chi connectivity index (χ3n) is 10.6. The van der Waals surface area contributed by atoms with Gasteiger partial charge in [-0.2, -0.15) is 0 Å². The van der Waals surface area contributed by atoms with Crippen LogP contribution in [0.2, 0.25) is 0 Å². The normalized spacial score (nSPS) is 24.1. The maximum Gasteiger partial charge on any atom is 0.408 e. The van der Waals surface area contributed by atoms with E-state index in [0.717, 1.165) is 17.5 Å². The molecule has 4 aromatic rings. The number of pyridine rings is 1. The zero-order valence-corrected chi connectivity index (χ0v) is 32.1. The molecule has 1 saturated carbocycles. The molecule has 2 aliphatic heterocycles. The number of amides is 3. The molecule has 5 atom stereocenters. The first-order valence-electron chi connectivity index (χ1n) is 19.1. The molecular weight excluding hydrogens is 716 g/mol. The fourth-order valence-electron chi connectivity index (χ4n) is 7.69. The number of hydrogen-bond acceptors (Lipinski definition) is 9. The molecule has 3 aromatic carbocycles. The summed E-state index contributed by atoms with van der Waals surface area (Å²) < 4.78 is 23.8. The summed E-state index contributed by atoms with van der Waals surface area (Å²) in [5.74, 6) is -0.775. The van der Waals surface area contributed by atoms with Crippen LogP contribution in [0.25, 0.3) is 22.2 Å². The minimum atomic E-state index is -1.44. The van der Waals surface area contributed by atoms with Crippen molar-refractivity contribution in [2.24, 2.45) is 5.92 Å². The zero-order valence-electron chi connectivity index (χ0n) is 32.1. The highest BCUT2D eigenvalue weighted by molar-refractivity contribution is 5.96. The van der Waals surface area contributed by atoms with E-state index in [0.29, 0.717) is 53.3 Å². The highest BCUT2D eigenvalue weighted by atomic mass is 16.6. The van der Waals surface area contributed by atoms with Gasteiger partial charge >= 0.3 is 12.1 Å². The Kier molecular flexibility index (Phi) is 10.8. The van der Waals surface area contributed by atoms with Gasteiger partial charge in [-0.05, 0) is 82.2 Å². The monoisotopic (exact) mass is 764 g/mol. The SMILES string of the molecule is COc1ccc2c(O[C@@H]3C[C@H]4C(=O)N[C@@]5(C(=O)O)CC5CCCCOc5cccc(c5)C[C@@H](NC(=O)OC(C)(C)C)C(=O)N4C3)cc(-c3ccccc3)nc2c1. The molecular formula is C43H48N4O9. The number of carbonyl (C=O) groups is 4. The molecule has 3 heterocycles. The number of methoxy groups -OCH3 is 1. The fourth-order valence-corrected chi connectivity index (χ4v) is 7.69. The molecule has 7 rings (SSSR count). The number of carboxylic acids is 1. The van der Waals surface area contributed by atoms with Gasteiger partial charge in [-0.1, -0.05) is 42.5 Å². The van der Waals surface area contributed by atoms with E-state index < -0.39 is 53.2 Å². The molecule has 1 aliphatic carbocycles. The predicted molar refractivity (Wildman–Crippen MR) is 208 cm³/mol. The first-order chi connectivity index (χ1) is 26.8. The van der Waals surface area contributed by atoms with Gasteiger partial charge in [0.1, 0.15) is 46.6 Å². The molecule has 3 aliphatic rings. The highest BCUT2D eigenvalue weighted by Gasteiger charge is 2.62. The minimum absolute atomic E-state index is 0.0172. The number of nitrogens with one attached hydrogen (secondary N) is 2. The van der Waals surface area contributed by atoms with E-state index in [4.69, 9.17) is 23.9 Å². The molecule has 2 bridgehead atoms. The Bertz CT molecular complexity index is 2120. The third-order valence-corrected chi connectivity index (χ3v) is 10.6. The van der Waals surface area contributed by atoms with Crippen molar-refractivity contribution in [2.75, 3.05) is 20.3 Å². The molecule has 56 heavy (non-hydrogen) atoms. The minimum Gasteiger partial charge on any atom is -0.497 e. The van der Waals surface area contributed by atoms with Crippen molar-refractivity contribution in [3.63, 3.8) is 0 Å². The summed E-state index contributed by atoms with van der Waals surface area (Å²) in [5.41, 5.74) is 0.605. The predicted octanol–water partition coefficient (Wildman–Crippen LogP) is 5.92. The number of ether oxygens (including phenoxy) is 4. The molecule has 0 spiro atoms. The molecule has 1 aromatic heterocycles. The van der Waals surface area contributed by atoms with Crippen LogP contribution in [-0.4, -0.2) is 88.5 Å². The van der Waals surface area contributed by atoms with Crippen LogP contribution in [0.3, 0.4) is 0 Å². The van der Waals surface area contributed by atoms with Crippen molar-refractivity contribution in [3.05, 3.63) is 84.4 Å². The molecule has 294 valence electrons. The van der Waals surface area contributed by atoms with Crippen molar-refractivity contribution >= 4 is 34.8 Å². The number of carboxylic acid groups (broad SMARTS) is 1. The molecule has 1 saturated heterocycles. The Morgan fingerprint density at radius 1 is 1.02 bits per heavy atom. The molecule has 3 N–H and O–H groups in total. The second-order valence-electron chi connectivity index (χ2n) is 15.8. The summed E-state index contributed by atoms with van der Waals surface area (Å²) in [6, 6.07) is 22.1. The van der Waals surface area contributed by atoms with E-state index in [1.54, 1.807) is 27.9 Å². The Hall–Kier alpha value is -5.85. The number of aromatic nitrogens is 1. The molecule has 0 radical (unpaired) electrons. The summed E-state index contributed by atoms with van der Waals surface area (Å²) in [4.78, 5) is 61.3. The maximum atomic E-state index is 14.8. The van der Waals surface area contributed by atoms with Gasteiger partial charge < -0.3 is 39.6 Å². The number of nitrogens with zero attached hydrogens (tertiary/aromatic N) is 2. The average Bonchev–Trinajstić information content (AvgIpc) is 3.70. The second-order valence-corrected chi connectivity index (χ2v) is 15.8. The number of benzene rings is 3.